The highest BCUT2D eigenvalue weighted by Crippen LogP contribution is 2.16. The quantitative estimate of drug-likeness (QED) is 0.735. The lowest BCUT2D eigenvalue weighted by atomic mass is 10.1. The van der Waals surface area contributed by atoms with Crippen LogP contribution in [0.2, 0.25) is 0 Å². The van der Waals surface area contributed by atoms with Crippen molar-refractivity contribution in [1.29, 1.82) is 0 Å². The molecule has 3 aliphatic heterocycles. The van der Waals surface area contributed by atoms with Crippen molar-refractivity contribution in [1.82, 2.24) is 20.1 Å². The van der Waals surface area contributed by atoms with E-state index in [0.717, 1.165) is 37.6 Å². The monoisotopic (exact) mass is 416 g/mol. The maximum absolute atomic E-state index is 12.5. The molecule has 0 saturated carbocycles. The lowest BCUT2D eigenvalue weighted by molar-refractivity contribution is -0.117. The molecule has 1 aromatic rings. The van der Waals surface area contributed by atoms with Crippen LogP contribution in [-0.2, 0) is 21.4 Å². The number of piperazine rings is 1. The maximum atomic E-state index is 12.5. The summed E-state index contributed by atoms with van der Waals surface area (Å²) in [7, 11) is -1.28. The molecule has 9 nitrogen and oxygen atoms in total. The normalized spacial score (nSPS) is 21.3. The van der Waals surface area contributed by atoms with Gasteiger partial charge in [0.25, 0.3) is 15.9 Å². The number of carbonyl (C=O) groups excluding carboxylic acids is 1. The zero-order valence-corrected chi connectivity index (χ0v) is 17.1. The summed E-state index contributed by atoms with van der Waals surface area (Å²) < 4.78 is 26.8. The van der Waals surface area contributed by atoms with E-state index < -0.39 is 10.0 Å². The van der Waals surface area contributed by atoms with Crippen molar-refractivity contribution in [3.8, 4) is 0 Å². The number of nitrogens with one attached hydrogen (secondary N) is 1. The molecule has 0 radical (unpaired) electrons. The third-order valence-corrected chi connectivity index (χ3v) is 6.34. The molecule has 3 aliphatic rings. The molecule has 0 unspecified atom stereocenters. The number of anilines is 1. The van der Waals surface area contributed by atoms with Gasteiger partial charge in [0, 0.05) is 51.7 Å². The average molecular weight is 417 g/mol. The molecule has 10 heteroatoms. The fourth-order valence-corrected chi connectivity index (χ4v) is 4.33. The van der Waals surface area contributed by atoms with E-state index in [1.54, 1.807) is 29.4 Å². The van der Waals surface area contributed by atoms with Crippen LogP contribution in [0.5, 0.6) is 0 Å². The van der Waals surface area contributed by atoms with E-state index in [9.17, 15) is 13.2 Å². The number of fused-ring (bicyclic) bond motifs is 1. The molecule has 0 atom stereocenters. The third kappa shape index (κ3) is 4.65. The SMILES string of the molecule is CN1CCN(c2ccc(CNC(=O)C3=CN4CCS(=O)(=O)N=C4C=C3)cn2)CC1. The van der Waals surface area contributed by atoms with Crippen LogP contribution in [0.25, 0.3) is 0 Å². The summed E-state index contributed by atoms with van der Waals surface area (Å²) >= 11 is 0. The Morgan fingerprint density at radius 2 is 1.93 bits per heavy atom. The molecule has 1 N–H and O–H groups in total. The number of nitrogens with zero attached hydrogens (tertiary/aromatic N) is 5. The highest BCUT2D eigenvalue weighted by atomic mass is 32.2. The van der Waals surface area contributed by atoms with Gasteiger partial charge >= 0.3 is 0 Å². The molecule has 0 aliphatic carbocycles. The number of rotatable bonds is 4. The number of pyridine rings is 1. The van der Waals surface area contributed by atoms with E-state index in [-0.39, 0.29) is 11.7 Å². The molecule has 1 aromatic heterocycles. The van der Waals surface area contributed by atoms with E-state index >= 15 is 0 Å². The minimum absolute atomic E-state index is 0.0545. The van der Waals surface area contributed by atoms with E-state index in [2.05, 4.69) is 31.5 Å². The Bertz CT molecular complexity index is 976. The molecule has 0 aromatic carbocycles. The van der Waals surface area contributed by atoms with E-state index in [0.29, 0.717) is 24.5 Å². The molecule has 29 heavy (non-hydrogen) atoms. The Kier molecular flexibility index (Phi) is 5.37. The summed E-state index contributed by atoms with van der Waals surface area (Å²) in [5, 5.41) is 2.88. The predicted octanol–water partition coefficient (Wildman–Crippen LogP) is -0.0528. The minimum Gasteiger partial charge on any atom is -0.354 e. The highest BCUT2D eigenvalue weighted by molar-refractivity contribution is 7.90. The van der Waals surface area contributed by atoms with Crippen LogP contribution < -0.4 is 10.2 Å². The number of hydrogen-bond acceptors (Lipinski definition) is 7. The zero-order chi connectivity index (χ0) is 20.4. The summed E-state index contributed by atoms with van der Waals surface area (Å²) in [6.07, 6.45) is 6.56. The lowest BCUT2D eigenvalue weighted by Gasteiger charge is -2.33. The van der Waals surface area contributed by atoms with Crippen LogP contribution in [0.15, 0.2) is 46.7 Å². The number of hydrogen-bond donors (Lipinski definition) is 1. The van der Waals surface area contributed by atoms with Crippen molar-refractivity contribution in [2.24, 2.45) is 4.40 Å². The van der Waals surface area contributed by atoms with Gasteiger partial charge in [0.1, 0.15) is 11.7 Å². The summed E-state index contributed by atoms with van der Waals surface area (Å²) in [5.41, 5.74) is 1.38. The average Bonchev–Trinajstić information content (AvgIpc) is 2.72. The van der Waals surface area contributed by atoms with Gasteiger partial charge in [-0.1, -0.05) is 6.07 Å². The molecule has 1 saturated heterocycles. The van der Waals surface area contributed by atoms with Crippen LogP contribution in [0.3, 0.4) is 0 Å². The topological polar surface area (TPSA) is 98.2 Å². The summed E-state index contributed by atoms with van der Waals surface area (Å²) in [6, 6.07) is 3.97. The second-order valence-electron chi connectivity index (χ2n) is 7.34. The van der Waals surface area contributed by atoms with Crippen LogP contribution in [0.4, 0.5) is 5.82 Å². The van der Waals surface area contributed by atoms with Crippen molar-refractivity contribution >= 4 is 27.6 Å². The molecule has 0 spiro atoms. The van der Waals surface area contributed by atoms with Gasteiger partial charge in [-0.05, 0) is 30.8 Å². The fraction of sp³-hybridized carbons (Fsp3) is 0.421. The highest BCUT2D eigenvalue weighted by Gasteiger charge is 2.25. The Balaban J connectivity index is 1.33. The summed E-state index contributed by atoms with van der Waals surface area (Å²) in [5.74, 6) is 1.02. The van der Waals surface area contributed by atoms with Crippen LogP contribution in [0.1, 0.15) is 5.56 Å². The van der Waals surface area contributed by atoms with Crippen molar-refractivity contribution in [3.63, 3.8) is 0 Å². The van der Waals surface area contributed by atoms with Gasteiger partial charge in [-0.2, -0.15) is 0 Å². The first-order valence-electron chi connectivity index (χ1n) is 9.55. The number of amides is 1. The second kappa shape index (κ2) is 7.96. The van der Waals surface area contributed by atoms with E-state index in [4.69, 9.17) is 0 Å². The molecule has 1 amide bonds. The van der Waals surface area contributed by atoms with Crippen molar-refractivity contribution < 1.29 is 13.2 Å². The lowest BCUT2D eigenvalue weighted by Crippen LogP contribution is -2.44. The number of carbonyl (C=O) groups is 1. The number of amidine groups is 1. The van der Waals surface area contributed by atoms with Gasteiger partial charge in [-0.3, -0.25) is 4.79 Å². The Hall–Kier alpha value is -2.72. The molecule has 1 fully saturated rings. The Morgan fingerprint density at radius 3 is 2.66 bits per heavy atom. The minimum atomic E-state index is -3.40. The molecule has 4 rings (SSSR count). The van der Waals surface area contributed by atoms with Gasteiger partial charge < -0.3 is 20.0 Å². The fourth-order valence-electron chi connectivity index (χ4n) is 3.36. The smallest absolute Gasteiger partial charge is 0.256 e. The Labute approximate surface area is 170 Å². The summed E-state index contributed by atoms with van der Waals surface area (Å²) in [6.45, 7) is 4.64. The van der Waals surface area contributed by atoms with Gasteiger partial charge in [0.15, 0.2) is 0 Å². The zero-order valence-electron chi connectivity index (χ0n) is 16.3. The van der Waals surface area contributed by atoms with Crippen molar-refractivity contribution in [2.75, 3.05) is 50.4 Å². The van der Waals surface area contributed by atoms with Crippen LogP contribution >= 0.6 is 0 Å². The molecule has 4 heterocycles. The first kappa shape index (κ1) is 19.6. The van der Waals surface area contributed by atoms with E-state index in [1.165, 1.54) is 0 Å². The van der Waals surface area contributed by atoms with Gasteiger partial charge in [0.2, 0.25) is 0 Å². The van der Waals surface area contributed by atoms with Crippen molar-refractivity contribution in [2.45, 2.75) is 6.54 Å². The van der Waals surface area contributed by atoms with Crippen LogP contribution in [0, 0.1) is 0 Å². The van der Waals surface area contributed by atoms with Crippen LogP contribution in [-0.4, -0.2) is 80.5 Å². The van der Waals surface area contributed by atoms with Crippen molar-refractivity contribution in [3.05, 3.63) is 47.8 Å². The van der Waals surface area contributed by atoms with E-state index in [1.807, 2.05) is 12.1 Å². The first-order chi connectivity index (χ1) is 13.9. The first-order valence-corrected chi connectivity index (χ1v) is 11.2. The Morgan fingerprint density at radius 1 is 1.14 bits per heavy atom. The number of aromatic nitrogens is 1. The van der Waals surface area contributed by atoms with Gasteiger partial charge in [-0.15, -0.1) is 4.40 Å². The predicted molar refractivity (Wildman–Crippen MR) is 111 cm³/mol. The number of likely N-dealkylation sites (N-methyl/N-ethyl adjacent to an activating group) is 1. The molecule has 154 valence electrons. The van der Waals surface area contributed by atoms with Gasteiger partial charge in [-0.25, -0.2) is 13.4 Å². The number of sulfonamides is 1. The summed E-state index contributed by atoms with van der Waals surface area (Å²) in [4.78, 5) is 23.2. The van der Waals surface area contributed by atoms with Gasteiger partial charge in [0.05, 0.1) is 11.3 Å². The second-order valence-corrected chi connectivity index (χ2v) is 9.10. The molecular formula is C19H24N6O3S. The molecule has 0 bridgehead atoms. The third-order valence-electron chi connectivity index (χ3n) is 5.18. The standard InChI is InChI=1S/C19H24N6O3S/c1-23-6-8-24(9-7-23)17-4-2-15(12-20-17)13-21-19(26)16-3-5-18-22-29(27,28)11-10-25(18)14-16/h2-5,12,14H,6-11,13H2,1H3,(H,21,26). The maximum Gasteiger partial charge on any atom is 0.256 e. The largest absolute Gasteiger partial charge is 0.354 e. The molecular weight excluding hydrogens is 392 g/mol.